The number of hydrogen-bond donors (Lipinski definition) is 0. The molecule has 0 aliphatic rings. The first-order chi connectivity index (χ1) is 10.6. The first-order valence-electron chi connectivity index (χ1n) is 6.08. The Kier molecular flexibility index (Phi) is 4.39. The molecule has 0 amide bonds. The van der Waals surface area contributed by atoms with Gasteiger partial charge in [0, 0.05) is 11.6 Å². The van der Waals surface area contributed by atoms with Crippen molar-refractivity contribution in [3.63, 3.8) is 0 Å². The maximum atomic E-state index is 13.1. The summed E-state index contributed by atoms with van der Waals surface area (Å²) in [7, 11) is 1.17. The summed E-state index contributed by atoms with van der Waals surface area (Å²) in [6, 6.07) is 6.37. The van der Waals surface area contributed by atoms with Gasteiger partial charge in [-0.3, -0.25) is 0 Å². The van der Waals surface area contributed by atoms with Gasteiger partial charge in [-0.15, -0.1) is 13.2 Å². The maximum absolute atomic E-state index is 13.1. The van der Waals surface area contributed by atoms with Crippen molar-refractivity contribution in [2.75, 3.05) is 7.11 Å². The van der Waals surface area contributed by atoms with Gasteiger partial charge in [0.25, 0.3) is 0 Å². The number of nitrogens with zero attached hydrogens (tertiary/aromatic N) is 1. The van der Waals surface area contributed by atoms with Crippen LogP contribution in [0.15, 0.2) is 36.4 Å². The second kappa shape index (κ2) is 5.98. The summed E-state index contributed by atoms with van der Waals surface area (Å²) in [5, 5.41) is 0. The molecule has 0 radical (unpaired) electrons. The third-order valence-corrected chi connectivity index (χ3v) is 2.75. The van der Waals surface area contributed by atoms with E-state index in [1.165, 1.54) is 13.2 Å². The molecule has 0 saturated carbocycles. The SMILES string of the molecule is COc1ccc(-c2ccc(OC(F)(F)F)cc2)c(C(F)(F)F)n1. The van der Waals surface area contributed by atoms with Gasteiger partial charge in [-0.25, -0.2) is 4.98 Å². The van der Waals surface area contributed by atoms with Gasteiger partial charge in [-0.2, -0.15) is 13.2 Å². The molecule has 0 N–H and O–H groups in total. The van der Waals surface area contributed by atoms with Crippen molar-refractivity contribution in [2.24, 2.45) is 0 Å². The predicted molar refractivity (Wildman–Crippen MR) is 67.9 cm³/mol. The van der Waals surface area contributed by atoms with E-state index >= 15 is 0 Å². The van der Waals surface area contributed by atoms with Crippen molar-refractivity contribution < 1.29 is 35.8 Å². The number of benzene rings is 1. The Morgan fingerprint density at radius 3 is 1.96 bits per heavy atom. The van der Waals surface area contributed by atoms with E-state index in [4.69, 9.17) is 0 Å². The minimum absolute atomic E-state index is 0.0435. The Morgan fingerprint density at radius 2 is 1.48 bits per heavy atom. The summed E-state index contributed by atoms with van der Waals surface area (Å²) in [4.78, 5) is 3.36. The fourth-order valence-electron chi connectivity index (χ4n) is 1.84. The Morgan fingerprint density at radius 1 is 0.870 bits per heavy atom. The fraction of sp³-hybridized carbons (Fsp3) is 0.214. The number of pyridine rings is 1. The highest BCUT2D eigenvalue weighted by molar-refractivity contribution is 5.67. The van der Waals surface area contributed by atoms with Gasteiger partial charge in [0.05, 0.1) is 7.11 Å². The monoisotopic (exact) mass is 337 g/mol. The van der Waals surface area contributed by atoms with E-state index in [0.717, 1.165) is 30.3 Å². The lowest BCUT2D eigenvalue weighted by molar-refractivity contribution is -0.274. The van der Waals surface area contributed by atoms with Crippen LogP contribution in [0.3, 0.4) is 0 Å². The number of ether oxygens (including phenoxy) is 2. The zero-order chi connectivity index (χ0) is 17.3. The predicted octanol–water partition coefficient (Wildman–Crippen LogP) is 4.67. The Bertz CT molecular complexity index is 679. The fourth-order valence-corrected chi connectivity index (χ4v) is 1.84. The van der Waals surface area contributed by atoms with Gasteiger partial charge in [-0.1, -0.05) is 12.1 Å². The van der Waals surface area contributed by atoms with E-state index < -0.39 is 24.0 Å². The number of halogens is 6. The van der Waals surface area contributed by atoms with Gasteiger partial charge in [0.15, 0.2) is 5.69 Å². The summed E-state index contributed by atoms with van der Waals surface area (Å²) in [6.07, 6.45) is -9.62. The smallest absolute Gasteiger partial charge is 0.481 e. The molecular formula is C14H9F6NO2. The van der Waals surface area contributed by atoms with Crippen molar-refractivity contribution in [1.82, 2.24) is 4.98 Å². The van der Waals surface area contributed by atoms with Crippen LogP contribution in [0, 0.1) is 0 Å². The Balaban J connectivity index is 2.42. The van der Waals surface area contributed by atoms with Crippen molar-refractivity contribution in [1.29, 1.82) is 0 Å². The zero-order valence-corrected chi connectivity index (χ0v) is 11.5. The molecule has 3 nitrogen and oxygen atoms in total. The third kappa shape index (κ3) is 4.27. The highest BCUT2D eigenvalue weighted by Crippen LogP contribution is 2.37. The second-order valence-corrected chi connectivity index (χ2v) is 4.32. The standard InChI is InChI=1S/C14H9F6NO2/c1-22-11-7-6-10(12(21-11)13(15,16)17)8-2-4-9(5-3-8)23-14(18,19)20/h2-7H,1H3. The number of rotatable bonds is 3. The number of methoxy groups -OCH3 is 1. The molecular weight excluding hydrogens is 328 g/mol. The van der Waals surface area contributed by atoms with E-state index in [1.54, 1.807) is 0 Å². The molecule has 0 bridgehead atoms. The molecule has 9 heteroatoms. The second-order valence-electron chi connectivity index (χ2n) is 4.32. The molecule has 0 aliphatic carbocycles. The van der Waals surface area contributed by atoms with Crippen molar-refractivity contribution >= 4 is 0 Å². The molecule has 0 saturated heterocycles. The van der Waals surface area contributed by atoms with Gasteiger partial charge >= 0.3 is 12.5 Å². The Hall–Kier alpha value is -2.45. The number of hydrogen-bond acceptors (Lipinski definition) is 3. The molecule has 0 aliphatic heterocycles. The summed E-state index contributed by atoms with van der Waals surface area (Å²) in [5.41, 5.74) is -1.43. The number of alkyl halides is 6. The molecule has 0 atom stereocenters. The lowest BCUT2D eigenvalue weighted by Gasteiger charge is -2.14. The van der Waals surface area contributed by atoms with Crippen LogP contribution in [0.1, 0.15) is 5.69 Å². The lowest BCUT2D eigenvalue weighted by Crippen LogP contribution is -2.17. The van der Waals surface area contributed by atoms with E-state index in [9.17, 15) is 26.3 Å². The minimum atomic E-state index is -4.87. The minimum Gasteiger partial charge on any atom is -0.481 e. The van der Waals surface area contributed by atoms with Crippen LogP contribution in [0.25, 0.3) is 11.1 Å². The molecule has 124 valence electrons. The van der Waals surface area contributed by atoms with Crippen LogP contribution < -0.4 is 9.47 Å². The summed E-state index contributed by atoms with van der Waals surface area (Å²) < 4.78 is 83.7. The van der Waals surface area contributed by atoms with E-state index in [1.807, 2.05) is 0 Å². The molecule has 0 spiro atoms. The molecule has 2 aromatic rings. The third-order valence-electron chi connectivity index (χ3n) is 2.75. The van der Waals surface area contributed by atoms with Crippen molar-refractivity contribution in [3.8, 4) is 22.8 Å². The average Bonchev–Trinajstić information content (AvgIpc) is 2.45. The van der Waals surface area contributed by atoms with Crippen LogP contribution in [0.2, 0.25) is 0 Å². The molecule has 0 fully saturated rings. The van der Waals surface area contributed by atoms with Gasteiger partial charge in [0.2, 0.25) is 5.88 Å². The van der Waals surface area contributed by atoms with Gasteiger partial charge in [0.1, 0.15) is 5.75 Å². The van der Waals surface area contributed by atoms with Gasteiger partial charge < -0.3 is 9.47 Å². The highest BCUT2D eigenvalue weighted by atomic mass is 19.4. The molecule has 1 aromatic heterocycles. The highest BCUT2D eigenvalue weighted by Gasteiger charge is 2.36. The van der Waals surface area contributed by atoms with Crippen LogP contribution >= 0.6 is 0 Å². The van der Waals surface area contributed by atoms with E-state index in [-0.39, 0.29) is 17.0 Å². The first kappa shape index (κ1) is 16.9. The maximum Gasteiger partial charge on any atom is 0.573 e. The van der Waals surface area contributed by atoms with E-state index in [0.29, 0.717) is 0 Å². The summed E-state index contributed by atoms with van der Waals surface area (Å²) in [5.74, 6) is -0.755. The molecule has 1 aromatic carbocycles. The summed E-state index contributed by atoms with van der Waals surface area (Å²) in [6.45, 7) is 0. The molecule has 1 heterocycles. The van der Waals surface area contributed by atoms with Crippen LogP contribution in [-0.2, 0) is 6.18 Å². The lowest BCUT2D eigenvalue weighted by atomic mass is 10.0. The van der Waals surface area contributed by atoms with Crippen molar-refractivity contribution in [3.05, 3.63) is 42.1 Å². The van der Waals surface area contributed by atoms with E-state index in [2.05, 4.69) is 14.5 Å². The normalized spacial score (nSPS) is 12.1. The molecule has 23 heavy (non-hydrogen) atoms. The average molecular weight is 337 g/mol. The van der Waals surface area contributed by atoms with Crippen LogP contribution in [-0.4, -0.2) is 18.5 Å². The van der Waals surface area contributed by atoms with Crippen LogP contribution in [0.4, 0.5) is 26.3 Å². The summed E-state index contributed by atoms with van der Waals surface area (Å²) >= 11 is 0. The largest absolute Gasteiger partial charge is 0.573 e. The van der Waals surface area contributed by atoms with Crippen LogP contribution in [0.5, 0.6) is 11.6 Å². The quantitative estimate of drug-likeness (QED) is 0.763. The van der Waals surface area contributed by atoms with Crippen molar-refractivity contribution in [2.45, 2.75) is 12.5 Å². The number of aromatic nitrogens is 1. The Labute approximate surface area is 126 Å². The topological polar surface area (TPSA) is 31.4 Å². The molecule has 2 rings (SSSR count). The van der Waals surface area contributed by atoms with Gasteiger partial charge in [-0.05, 0) is 23.8 Å². The zero-order valence-electron chi connectivity index (χ0n) is 11.5. The molecule has 0 unspecified atom stereocenters. The first-order valence-corrected chi connectivity index (χ1v) is 6.08.